The minimum atomic E-state index is -0.000981. The minimum absolute atomic E-state index is 0.000981. The summed E-state index contributed by atoms with van der Waals surface area (Å²) in [5.41, 5.74) is 5.55. The van der Waals surface area contributed by atoms with Crippen LogP contribution in [0.2, 0.25) is 0 Å². The Morgan fingerprint density at radius 2 is 2.03 bits per heavy atom. The summed E-state index contributed by atoms with van der Waals surface area (Å²) in [6.45, 7) is 5.06. The lowest BCUT2D eigenvalue weighted by Crippen LogP contribution is -2.35. The molecule has 1 amide bonds. The Morgan fingerprint density at radius 1 is 1.12 bits per heavy atom. The van der Waals surface area contributed by atoms with E-state index in [0.717, 1.165) is 52.8 Å². The van der Waals surface area contributed by atoms with E-state index in [-0.39, 0.29) is 5.91 Å². The number of carbonyl (C=O) groups is 1. The number of amides is 1. The van der Waals surface area contributed by atoms with Crippen molar-refractivity contribution in [1.29, 1.82) is 0 Å². The quantitative estimate of drug-likeness (QED) is 0.483. The maximum atomic E-state index is 13.2. The predicted octanol–water partition coefficient (Wildman–Crippen LogP) is 3.86. The average molecular weight is 428 g/mol. The van der Waals surface area contributed by atoms with Crippen LogP contribution in [0.1, 0.15) is 44.7 Å². The molecule has 7 nitrogen and oxygen atoms in total. The smallest absolute Gasteiger partial charge is 0.254 e. The number of carbonyl (C=O) groups excluding carboxylic acids is 1. The summed E-state index contributed by atoms with van der Waals surface area (Å²) in [4.78, 5) is 23.9. The van der Waals surface area contributed by atoms with Crippen LogP contribution in [0.3, 0.4) is 0 Å². The molecule has 4 heterocycles. The third-order valence-corrected chi connectivity index (χ3v) is 5.76. The minimum Gasteiger partial charge on any atom is -0.445 e. The van der Waals surface area contributed by atoms with Crippen molar-refractivity contribution >= 4 is 5.91 Å². The van der Waals surface area contributed by atoms with Gasteiger partial charge in [0.1, 0.15) is 11.5 Å². The van der Waals surface area contributed by atoms with Crippen LogP contribution in [0.4, 0.5) is 0 Å². The SMILES string of the molecule is Cc1cc(C)n(-c2cccc(C(=O)N3CCc4oc(CCc5cccnc5)nc4C3)c2)n1. The molecule has 0 spiro atoms. The van der Waals surface area contributed by atoms with Gasteiger partial charge >= 0.3 is 0 Å². The summed E-state index contributed by atoms with van der Waals surface area (Å²) >= 11 is 0. The predicted molar refractivity (Wildman–Crippen MR) is 120 cm³/mol. The second-order valence-corrected chi connectivity index (χ2v) is 8.20. The van der Waals surface area contributed by atoms with E-state index in [1.807, 2.05) is 66.0 Å². The molecule has 4 aromatic rings. The number of hydrogen-bond donors (Lipinski definition) is 0. The fourth-order valence-corrected chi connectivity index (χ4v) is 4.17. The largest absolute Gasteiger partial charge is 0.445 e. The third-order valence-electron chi connectivity index (χ3n) is 5.76. The highest BCUT2D eigenvalue weighted by Gasteiger charge is 2.26. The lowest BCUT2D eigenvalue weighted by molar-refractivity contribution is 0.0728. The van der Waals surface area contributed by atoms with E-state index < -0.39 is 0 Å². The van der Waals surface area contributed by atoms with E-state index in [0.29, 0.717) is 25.1 Å². The van der Waals surface area contributed by atoms with Crippen LogP contribution in [0.25, 0.3) is 5.69 Å². The van der Waals surface area contributed by atoms with Crippen molar-refractivity contribution in [3.63, 3.8) is 0 Å². The molecule has 162 valence electrons. The second-order valence-electron chi connectivity index (χ2n) is 8.20. The summed E-state index contributed by atoms with van der Waals surface area (Å²) in [5, 5.41) is 4.53. The van der Waals surface area contributed by atoms with Crippen molar-refractivity contribution in [1.82, 2.24) is 24.6 Å². The summed E-state index contributed by atoms with van der Waals surface area (Å²) in [6.07, 6.45) is 5.86. The van der Waals surface area contributed by atoms with Gasteiger partial charge in [0.2, 0.25) is 0 Å². The summed E-state index contributed by atoms with van der Waals surface area (Å²) < 4.78 is 7.84. The van der Waals surface area contributed by atoms with Gasteiger partial charge in [0.15, 0.2) is 5.89 Å². The maximum Gasteiger partial charge on any atom is 0.254 e. The number of rotatable bonds is 5. The van der Waals surface area contributed by atoms with E-state index in [4.69, 9.17) is 4.42 Å². The number of hydrogen-bond acceptors (Lipinski definition) is 5. The Bertz CT molecular complexity index is 1260. The van der Waals surface area contributed by atoms with E-state index in [1.165, 1.54) is 0 Å². The first-order valence-electron chi connectivity index (χ1n) is 10.9. The molecule has 5 rings (SSSR count). The van der Waals surface area contributed by atoms with Crippen LogP contribution >= 0.6 is 0 Å². The van der Waals surface area contributed by atoms with Crippen LogP contribution in [0.15, 0.2) is 59.3 Å². The highest BCUT2D eigenvalue weighted by Crippen LogP contribution is 2.23. The first-order chi connectivity index (χ1) is 15.6. The van der Waals surface area contributed by atoms with Gasteiger partial charge in [-0.1, -0.05) is 12.1 Å². The van der Waals surface area contributed by atoms with Gasteiger partial charge in [-0.25, -0.2) is 9.67 Å². The van der Waals surface area contributed by atoms with Gasteiger partial charge in [0.25, 0.3) is 5.91 Å². The van der Waals surface area contributed by atoms with Crippen LogP contribution in [0, 0.1) is 13.8 Å². The molecule has 32 heavy (non-hydrogen) atoms. The third kappa shape index (κ3) is 4.06. The number of nitrogens with zero attached hydrogens (tertiary/aromatic N) is 5. The molecule has 1 aliphatic rings. The fourth-order valence-electron chi connectivity index (χ4n) is 4.17. The van der Waals surface area contributed by atoms with Crippen LogP contribution in [0.5, 0.6) is 0 Å². The van der Waals surface area contributed by atoms with Crippen LogP contribution in [-0.4, -0.2) is 37.1 Å². The fraction of sp³-hybridized carbons (Fsp3) is 0.280. The van der Waals surface area contributed by atoms with Gasteiger partial charge in [-0.15, -0.1) is 0 Å². The molecule has 0 aliphatic carbocycles. The zero-order valence-corrected chi connectivity index (χ0v) is 18.3. The van der Waals surface area contributed by atoms with Crippen molar-refractivity contribution in [2.75, 3.05) is 6.54 Å². The summed E-state index contributed by atoms with van der Waals surface area (Å²) in [5.74, 6) is 1.62. The molecule has 0 N–H and O–H groups in total. The Morgan fingerprint density at radius 3 is 2.81 bits per heavy atom. The lowest BCUT2D eigenvalue weighted by atomic mass is 10.1. The van der Waals surface area contributed by atoms with Gasteiger partial charge in [-0.3, -0.25) is 9.78 Å². The monoisotopic (exact) mass is 427 g/mol. The number of pyridine rings is 1. The lowest BCUT2D eigenvalue weighted by Gasteiger charge is -2.25. The first kappa shape index (κ1) is 20.2. The second kappa shape index (κ2) is 8.42. The molecule has 0 saturated carbocycles. The molecule has 0 saturated heterocycles. The Kier molecular flexibility index (Phi) is 5.31. The molecule has 0 bridgehead atoms. The van der Waals surface area contributed by atoms with Gasteiger partial charge in [0, 0.05) is 43.0 Å². The van der Waals surface area contributed by atoms with Gasteiger partial charge in [0.05, 0.1) is 17.9 Å². The van der Waals surface area contributed by atoms with E-state index in [2.05, 4.69) is 21.1 Å². The van der Waals surface area contributed by atoms with E-state index in [1.54, 1.807) is 6.20 Å². The molecule has 0 radical (unpaired) electrons. The van der Waals surface area contributed by atoms with Gasteiger partial charge in [-0.05, 0) is 56.2 Å². The Hall–Kier alpha value is -3.74. The van der Waals surface area contributed by atoms with Crippen LogP contribution in [-0.2, 0) is 25.8 Å². The number of benzene rings is 1. The average Bonchev–Trinajstić information content (AvgIpc) is 3.39. The normalized spacial score (nSPS) is 13.2. The molecule has 1 aromatic carbocycles. The van der Waals surface area contributed by atoms with E-state index in [9.17, 15) is 4.79 Å². The first-order valence-corrected chi connectivity index (χ1v) is 10.9. The van der Waals surface area contributed by atoms with E-state index >= 15 is 0 Å². The Balaban J connectivity index is 1.29. The molecule has 0 atom stereocenters. The zero-order chi connectivity index (χ0) is 22.1. The maximum absolute atomic E-state index is 13.2. The Labute approximate surface area is 186 Å². The van der Waals surface area contributed by atoms with Gasteiger partial charge in [-0.2, -0.15) is 5.10 Å². The number of fused-ring (bicyclic) bond motifs is 1. The molecule has 1 aliphatic heterocycles. The summed E-state index contributed by atoms with van der Waals surface area (Å²) in [6, 6.07) is 13.6. The standard InChI is InChI=1S/C25H25N5O2/c1-17-13-18(2)30(28-17)21-7-3-6-20(14-21)25(31)29-12-10-23-22(16-29)27-24(32-23)9-8-19-5-4-11-26-15-19/h3-7,11,13-15H,8-10,12,16H2,1-2H3. The number of aromatic nitrogens is 4. The zero-order valence-electron chi connectivity index (χ0n) is 18.3. The van der Waals surface area contributed by atoms with Crippen molar-refractivity contribution in [3.8, 4) is 5.69 Å². The topological polar surface area (TPSA) is 77.0 Å². The van der Waals surface area contributed by atoms with Gasteiger partial charge < -0.3 is 9.32 Å². The number of aryl methyl sites for hydroxylation is 4. The molecule has 0 unspecified atom stereocenters. The van der Waals surface area contributed by atoms with Crippen molar-refractivity contribution in [2.45, 2.75) is 39.7 Å². The van der Waals surface area contributed by atoms with Crippen LogP contribution < -0.4 is 0 Å². The van der Waals surface area contributed by atoms with Crippen molar-refractivity contribution < 1.29 is 9.21 Å². The summed E-state index contributed by atoms with van der Waals surface area (Å²) in [7, 11) is 0. The molecular formula is C25H25N5O2. The number of oxazole rings is 1. The highest BCUT2D eigenvalue weighted by atomic mass is 16.4. The highest BCUT2D eigenvalue weighted by molar-refractivity contribution is 5.94. The molecule has 7 heteroatoms. The molecule has 3 aromatic heterocycles. The van der Waals surface area contributed by atoms with Crippen molar-refractivity contribution in [3.05, 3.63) is 94.7 Å². The molecular weight excluding hydrogens is 402 g/mol. The van der Waals surface area contributed by atoms with Crippen molar-refractivity contribution in [2.24, 2.45) is 0 Å². The molecule has 0 fully saturated rings.